The molecule has 0 spiro atoms. The van der Waals surface area contributed by atoms with Crippen LogP contribution in [0.5, 0.6) is 0 Å². The van der Waals surface area contributed by atoms with E-state index in [1.807, 2.05) is 37.3 Å². The van der Waals surface area contributed by atoms with E-state index in [0.717, 1.165) is 23.7 Å². The SMILES string of the molecule is CC(CCCN)NC(=O)c1cccc2ncccc12. The Morgan fingerprint density at radius 2 is 2.21 bits per heavy atom. The highest BCUT2D eigenvalue weighted by molar-refractivity contribution is 6.06. The van der Waals surface area contributed by atoms with Gasteiger partial charge in [0.05, 0.1) is 5.52 Å². The van der Waals surface area contributed by atoms with Crippen LogP contribution in [0.3, 0.4) is 0 Å². The molecule has 1 atom stereocenters. The van der Waals surface area contributed by atoms with Crippen molar-refractivity contribution in [2.45, 2.75) is 25.8 Å². The van der Waals surface area contributed by atoms with Crippen molar-refractivity contribution in [2.24, 2.45) is 5.73 Å². The zero-order valence-electron chi connectivity index (χ0n) is 11.1. The maximum absolute atomic E-state index is 12.3. The van der Waals surface area contributed by atoms with Gasteiger partial charge in [0.15, 0.2) is 0 Å². The number of carbonyl (C=O) groups excluding carboxylic acids is 1. The largest absolute Gasteiger partial charge is 0.350 e. The number of rotatable bonds is 5. The van der Waals surface area contributed by atoms with E-state index in [4.69, 9.17) is 5.73 Å². The fraction of sp³-hybridized carbons (Fsp3) is 0.333. The smallest absolute Gasteiger partial charge is 0.252 e. The van der Waals surface area contributed by atoms with Crippen molar-refractivity contribution in [3.05, 3.63) is 42.1 Å². The van der Waals surface area contributed by atoms with Crippen LogP contribution in [0.15, 0.2) is 36.5 Å². The molecule has 1 amide bonds. The van der Waals surface area contributed by atoms with E-state index in [9.17, 15) is 4.79 Å². The summed E-state index contributed by atoms with van der Waals surface area (Å²) in [7, 11) is 0. The Kier molecular flexibility index (Phi) is 4.47. The molecule has 4 heteroatoms. The van der Waals surface area contributed by atoms with Crippen LogP contribution in [-0.4, -0.2) is 23.5 Å². The van der Waals surface area contributed by atoms with Gasteiger partial charge < -0.3 is 11.1 Å². The first kappa shape index (κ1) is 13.5. The average Bonchev–Trinajstić information content (AvgIpc) is 2.44. The lowest BCUT2D eigenvalue weighted by atomic mass is 10.1. The monoisotopic (exact) mass is 257 g/mol. The molecular formula is C15H19N3O. The minimum absolute atomic E-state index is 0.0527. The second-order valence-corrected chi connectivity index (χ2v) is 4.68. The third-order valence-electron chi connectivity index (χ3n) is 3.11. The van der Waals surface area contributed by atoms with Gasteiger partial charge >= 0.3 is 0 Å². The fourth-order valence-corrected chi connectivity index (χ4v) is 2.10. The van der Waals surface area contributed by atoms with Crippen LogP contribution in [0.25, 0.3) is 10.9 Å². The van der Waals surface area contributed by atoms with Crippen LogP contribution in [-0.2, 0) is 0 Å². The van der Waals surface area contributed by atoms with E-state index in [1.165, 1.54) is 0 Å². The summed E-state index contributed by atoms with van der Waals surface area (Å²) in [5, 5.41) is 3.88. The predicted molar refractivity (Wildman–Crippen MR) is 77.0 cm³/mol. The molecule has 1 heterocycles. The van der Waals surface area contributed by atoms with Crippen LogP contribution in [0.4, 0.5) is 0 Å². The molecule has 2 rings (SSSR count). The number of nitrogens with zero attached hydrogens (tertiary/aromatic N) is 1. The Balaban J connectivity index is 2.17. The molecule has 0 aliphatic rings. The van der Waals surface area contributed by atoms with Gasteiger partial charge in [0.2, 0.25) is 0 Å². The first-order valence-corrected chi connectivity index (χ1v) is 6.57. The topological polar surface area (TPSA) is 68.0 Å². The van der Waals surface area contributed by atoms with Crippen molar-refractivity contribution in [2.75, 3.05) is 6.54 Å². The molecule has 100 valence electrons. The Morgan fingerprint density at radius 3 is 3.00 bits per heavy atom. The Labute approximate surface area is 113 Å². The predicted octanol–water partition coefficient (Wildman–Crippen LogP) is 2.09. The van der Waals surface area contributed by atoms with Crippen LogP contribution in [0.2, 0.25) is 0 Å². The molecular weight excluding hydrogens is 238 g/mol. The second kappa shape index (κ2) is 6.29. The number of nitrogens with two attached hydrogens (primary N) is 1. The van der Waals surface area contributed by atoms with Gasteiger partial charge in [-0.05, 0) is 44.5 Å². The van der Waals surface area contributed by atoms with Crippen LogP contribution < -0.4 is 11.1 Å². The van der Waals surface area contributed by atoms with Crippen molar-refractivity contribution in [3.8, 4) is 0 Å². The van der Waals surface area contributed by atoms with Crippen molar-refractivity contribution in [3.63, 3.8) is 0 Å². The normalized spacial score (nSPS) is 12.3. The Morgan fingerprint density at radius 1 is 1.37 bits per heavy atom. The number of carbonyl (C=O) groups is 1. The Hall–Kier alpha value is -1.94. The van der Waals surface area contributed by atoms with E-state index in [2.05, 4.69) is 10.3 Å². The summed E-state index contributed by atoms with van der Waals surface area (Å²) in [6.07, 6.45) is 3.54. The molecule has 0 saturated carbocycles. The standard InChI is InChI=1S/C15H19N3O/c1-11(5-3-9-16)18-15(19)13-6-2-8-14-12(13)7-4-10-17-14/h2,4,6-8,10-11H,3,5,9,16H2,1H3,(H,18,19). The number of pyridine rings is 1. The molecule has 1 unspecified atom stereocenters. The summed E-state index contributed by atoms with van der Waals surface area (Å²) in [6, 6.07) is 9.48. The zero-order valence-corrected chi connectivity index (χ0v) is 11.1. The molecule has 0 fully saturated rings. The molecule has 0 aliphatic heterocycles. The highest BCUT2D eigenvalue weighted by atomic mass is 16.1. The zero-order chi connectivity index (χ0) is 13.7. The maximum atomic E-state index is 12.3. The van der Waals surface area contributed by atoms with E-state index >= 15 is 0 Å². The molecule has 3 N–H and O–H groups in total. The third kappa shape index (κ3) is 3.29. The fourth-order valence-electron chi connectivity index (χ4n) is 2.10. The second-order valence-electron chi connectivity index (χ2n) is 4.68. The average molecular weight is 257 g/mol. The third-order valence-corrected chi connectivity index (χ3v) is 3.11. The number of aromatic nitrogens is 1. The summed E-state index contributed by atoms with van der Waals surface area (Å²) in [6.45, 7) is 2.65. The van der Waals surface area contributed by atoms with Crippen molar-refractivity contribution < 1.29 is 4.79 Å². The number of nitrogens with one attached hydrogen (secondary N) is 1. The number of hydrogen-bond acceptors (Lipinski definition) is 3. The maximum Gasteiger partial charge on any atom is 0.252 e. The van der Waals surface area contributed by atoms with Crippen LogP contribution in [0, 0.1) is 0 Å². The number of amides is 1. The van der Waals surface area contributed by atoms with Gasteiger partial charge in [-0.15, -0.1) is 0 Å². The van der Waals surface area contributed by atoms with Gasteiger partial charge in [0.1, 0.15) is 0 Å². The summed E-state index contributed by atoms with van der Waals surface area (Å²) >= 11 is 0. The number of benzene rings is 1. The van der Waals surface area contributed by atoms with Crippen molar-refractivity contribution in [1.82, 2.24) is 10.3 Å². The van der Waals surface area contributed by atoms with E-state index < -0.39 is 0 Å². The summed E-state index contributed by atoms with van der Waals surface area (Å²) < 4.78 is 0. The molecule has 0 aliphatic carbocycles. The molecule has 0 saturated heterocycles. The lowest BCUT2D eigenvalue weighted by molar-refractivity contribution is 0.0940. The Bertz CT molecular complexity index is 563. The van der Waals surface area contributed by atoms with Gasteiger partial charge in [-0.1, -0.05) is 12.1 Å². The molecule has 1 aromatic carbocycles. The summed E-state index contributed by atoms with van der Waals surface area (Å²) in [4.78, 5) is 16.5. The molecule has 2 aromatic rings. The van der Waals surface area contributed by atoms with Gasteiger partial charge in [-0.3, -0.25) is 9.78 Å². The highest BCUT2D eigenvalue weighted by Crippen LogP contribution is 2.16. The lowest BCUT2D eigenvalue weighted by Gasteiger charge is -2.14. The number of fused-ring (bicyclic) bond motifs is 1. The summed E-state index contributed by atoms with van der Waals surface area (Å²) in [5.74, 6) is -0.0527. The first-order valence-electron chi connectivity index (χ1n) is 6.57. The number of hydrogen-bond donors (Lipinski definition) is 2. The minimum Gasteiger partial charge on any atom is -0.350 e. The van der Waals surface area contributed by atoms with Gasteiger partial charge in [0.25, 0.3) is 5.91 Å². The van der Waals surface area contributed by atoms with Crippen molar-refractivity contribution in [1.29, 1.82) is 0 Å². The summed E-state index contributed by atoms with van der Waals surface area (Å²) in [5.41, 5.74) is 6.98. The quantitative estimate of drug-likeness (QED) is 0.861. The van der Waals surface area contributed by atoms with E-state index in [0.29, 0.717) is 12.1 Å². The van der Waals surface area contributed by atoms with Crippen LogP contribution in [0.1, 0.15) is 30.1 Å². The minimum atomic E-state index is -0.0527. The molecule has 19 heavy (non-hydrogen) atoms. The molecule has 1 aromatic heterocycles. The van der Waals surface area contributed by atoms with E-state index in [-0.39, 0.29) is 11.9 Å². The van der Waals surface area contributed by atoms with Gasteiger partial charge in [-0.25, -0.2) is 0 Å². The lowest BCUT2D eigenvalue weighted by Crippen LogP contribution is -2.33. The van der Waals surface area contributed by atoms with Crippen molar-refractivity contribution >= 4 is 16.8 Å². The van der Waals surface area contributed by atoms with Gasteiger partial charge in [0, 0.05) is 23.2 Å². The highest BCUT2D eigenvalue weighted by Gasteiger charge is 2.12. The van der Waals surface area contributed by atoms with Crippen LogP contribution >= 0.6 is 0 Å². The molecule has 0 bridgehead atoms. The molecule has 4 nitrogen and oxygen atoms in total. The van der Waals surface area contributed by atoms with E-state index in [1.54, 1.807) is 6.20 Å². The van der Waals surface area contributed by atoms with Gasteiger partial charge in [-0.2, -0.15) is 0 Å². The molecule has 0 radical (unpaired) electrons. The first-order chi connectivity index (χ1) is 9.22.